The molecule has 122 valence electrons. The van der Waals surface area contributed by atoms with Crippen molar-refractivity contribution >= 4 is 11.6 Å². The molecule has 0 aliphatic carbocycles. The number of hydrogen-bond donors (Lipinski definition) is 2. The standard InChI is InChI=1S/C18H23N3O2/c1-13-12-23-18(20-13)15-3-2-4-16(11-15)21-17(22)6-5-14-7-9-19-10-8-14/h2-4,11-12,14,19H,5-10H2,1H3,(H,21,22). The molecule has 0 unspecified atom stereocenters. The first-order valence-corrected chi connectivity index (χ1v) is 8.24. The van der Waals surface area contributed by atoms with Gasteiger partial charge >= 0.3 is 0 Å². The van der Waals surface area contributed by atoms with E-state index in [2.05, 4.69) is 15.6 Å². The third kappa shape index (κ3) is 4.42. The minimum absolute atomic E-state index is 0.0734. The first-order valence-electron chi connectivity index (χ1n) is 8.24. The monoisotopic (exact) mass is 313 g/mol. The Morgan fingerprint density at radius 1 is 1.39 bits per heavy atom. The summed E-state index contributed by atoms with van der Waals surface area (Å²) in [5.74, 6) is 1.32. The molecule has 1 aliphatic heterocycles. The first kappa shape index (κ1) is 15.7. The van der Waals surface area contributed by atoms with Gasteiger partial charge in [0.15, 0.2) is 0 Å². The molecule has 23 heavy (non-hydrogen) atoms. The van der Waals surface area contributed by atoms with Crippen LogP contribution in [0.25, 0.3) is 11.5 Å². The first-order chi connectivity index (χ1) is 11.2. The van der Waals surface area contributed by atoms with Crippen LogP contribution in [0.2, 0.25) is 0 Å². The van der Waals surface area contributed by atoms with E-state index in [0.29, 0.717) is 18.2 Å². The Labute approximate surface area is 136 Å². The van der Waals surface area contributed by atoms with Gasteiger partial charge in [0.2, 0.25) is 11.8 Å². The van der Waals surface area contributed by atoms with Crippen molar-refractivity contribution in [1.82, 2.24) is 10.3 Å². The van der Waals surface area contributed by atoms with Gasteiger partial charge in [-0.1, -0.05) is 6.07 Å². The number of aryl methyl sites for hydroxylation is 1. The van der Waals surface area contributed by atoms with Gasteiger partial charge in [0.1, 0.15) is 6.26 Å². The second-order valence-electron chi connectivity index (χ2n) is 6.16. The molecule has 0 radical (unpaired) electrons. The number of amides is 1. The lowest BCUT2D eigenvalue weighted by atomic mass is 9.93. The van der Waals surface area contributed by atoms with Gasteiger partial charge in [0, 0.05) is 17.7 Å². The van der Waals surface area contributed by atoms with Crippen LogP contribution in [0.4, 0.5) is 5.69 Å². The van der Waals surface area contributed by atoms with Crippen molar-refractivity contribution < 1.29 is 9.21 Å². The van der Waals surface area contributed by atoms with Crippen LogP contribution in [0.1, 0.15) is 31.4 Å². The molecule has 2 N–H and O–H groups in total. The fourth-order valence-electron chi connectivity index (χ4n) is 2.95. The van der Waals surface area contributed by atoms with Crippen molar-refractivity contribution in [2.75, 3.05) is 18.4 Å². The molecule has 1 saturated heterocycles. The van der Waals surface area contributed by atoms with E-state index in [0.717, 1.165) is 36.5 Å². The number of benzene rings is 1. The van der Waals surface area contributed by atoms with Crippen LogP contribution >= 0.6 is 0 Å². The predicted octanol–water partition coefficient (Wildman–Crippen LogP) is 3.37. The number of piperidine rings is 1. The van der Waals surface area contributed by atoms with Gasteiger partial charge in [0.05, 0.1) is 5.69 Å². The summed E-state index contributed by atoms with van der Waals surface area (Å²) in [5, 5.41) is 6.32. The van der Waals surface area contributed by atoms with Gasteiger partial charge in [0.25, 0.3) is 0 Å². The van der Waals surface area contributed by atoms with E-state index in [1.807, 2.05) is 31.2 Å². The van der Waals surface area contributed by atoms with Gasteiger partial charge in [-0.3, -0.25) is 4.79 Å². The second kappa shape index (κ2) is 7.42. The summed E-state index contributed by atoms with van der Waals surface area (Å²) in [7, 11) is 0. The fourth-order valence-corrected chi connectivity index (χ4v) is 2.95. The molecular weight excluding hydrogens is 290 g/mol. The van der Waals surface area contributed by atoms with E-state index in [4.69, 9.17) is 4.42 Å². The molecule has 0 saturated carbocycles. The minimum atomic E-state index is 0.0734. The Hall–Kier alpha value is -2.14. The summed E-state index contributed by atoms with van der Waals surface area (Å²) in [6.07, 6.45) is 5.51. The zero-order valence-electron chi connectivity index (χ0n) is 13.5. The zero-order valence-corrected chi connectivity index (χ0v) is 13.5. The lowest BCUT2D eigenvalue weighted by molar-refractivity contribution is -0.116. The highest BCUT2D eigenvalue weighted by atomic mass is 16.3. The summed E-state index contributed by atoms with van der Waals surface area (Å²) < 4.78 is 5.41. The van der Waals surface area contributed by atoms with Gasteiger partial charge in [-0.05, 0) is 63.4 Å². The maximum Gasteiger partial charge on any atom is 0.226 e. The molecule has 5 heteroatoms. The van der Waals surface area contributed by atoms with E-state index >= 15 is 0 Å². The predicted molar refractivity (Wildman–Crippen MR) is 90.1 cm³/mol. The van der Waals surface area contributed by atoms with Crippen molar-refractivity contribution in [3.8, 4) is 11.5 Å². The molecule has 1 amide bonds. The molecule has 0 atom stereocenters. The Balaban J connectivity index is 1.56. The lowest BCUT2D eigenvalue weighted by Crippen LogP contribution is -2.28. The molecule has 3 rings (SSSR count). The molecule has 1 aliphatic rings. The molecule has 0 spiro atoms. The third-order valence-corrected chi connectivity index (χ3v) is 4.25. The SMILES string of the molecule is Cc1coc(-c2cccc(NC(=O)CCC3CCNCC3)c2)n1. The van der Waals surface area contributed by atoms with Crippen molar-refractivity contribution in [1.29, 1.82) is 0 Å². The van der Waals surface area contributed by atoms with E-state index in [1.165, 1.54) is 12.8 Å². The summed E-state index contributed by atoms with van der Waals surface area (Å²) in [6, 6.07) is 7.61. The Morgan fingerprint density at radius 3 is 2.96 bits per heavy atom. The van der Waals surface area contributed by atoms with Gasteiger partial charge in [-0.15, -0.1) is 0 Å². The number of carbonyl (C=O) groups is 1. The smallest absolute Gasteiger partial charge is 0.226 e. The summed E-state index contributed by atoms with van der Waals surface area (Å²) >= 11 is 0. The van der Waals surface area contributed by atoms with Crippen LogP contribution in [0.5, 0.6) is 0 Å². The lowest BCUT2D eigenvalue weighted by Gasteiger charge is -2.22. The summed E-state index contributed by atoms with van der Waals surface area (Å²) in [6.45, 7) is 4.03. The highest BCUT2D eigenvalue weighted by Gasteiger charge is 2.14. The van der Waals surface area contributed by atoms with Crippen LogP contribution in [0.15, 0.2) is 34.9 Å². The average molecular weight is 313 g/mol. The molecule has 1 aromatic carbocycles. The number of rotatable bonds is 5. The Morgan fingerprint density at radius 2 is 2.22 bits per heavy atom. The zero-order chi connectivity index (χ0) is 16.1. The minimum Gasteiger partial charge on any atom is -0.444 e. The molecule has 2 heterocycles. The van der Waals surface area contributed by atoms with E-state index < -0.39 is 0 Å². The summed E-state index contributed by atoms with van der Waals surface area (Å²) in [4.78, 5) is 16.5. The highest BCUT2D eigenvalue weighted by molar-refractivity contribution is 5.91. The van der Waals surface area contributed by atoms with Crippen molar-refractivity contribution in [3.63, 3.8) is 0 Å². The van der Waals surface area contributed by atoms with Crippen molar-refractivity contribution in [3.05, 3.63) is 36.2 Å². The number of oxazole rings is 1. The Kier molecular flexibility index (Phi) is 5.08. The van der Waals surface area contributed by atoms with Crippen LogP contribution in [0.3, 0.4) is 0 Å². The normalized spacial score (nSPS) is 15.5. The molecule has 5 nitrogen and oxygen atoms in total. The van der Waals surface area contributed by atoms with Gasteiger partial charge < -0.3 is 15.1 Å². The number of nitrogens with one attached hydrogen (secondary N) is 2. The fraction of sp³-hybridized carbons (Fsp3) is 0.444. The topological polar surface area (TPSA) is 67.2 Å². The Bertz CT molecular complexity index is 660. The average Bonchev–Trinajstić information content (AvgIpc) is 3.01. The van der Waals surface area contributed by atoms with Crippen LogP contribution < -0.4 is 10.6 Å². The van der Waals surface area contributed by atoms with Crippen LogP contribution in [0, 0.1) is 12.8 Å². The third-order valence-electron chi connectivity index (χ3n) is 4.25. The number of aromatic nitrogens is 1. The number of carbonyl (C=O) groups excluding carboxylic acids is 1. The summed E-state index contributed by atoms with van der Waals surface area (Å²) in [5.41, 5.74) is 2.50. The van der Waals surface area contributed by atoms with Crippen LogP contribution in [-0.2, 0) is 4.79 Å². The van der Waals surface area contributed by atoms with E-state index in [1.54, 1.807) is 6.26 Å². The van der Waals surface area contributed by atoms with Gasteiger partial charge in [-0.2, -0.15) is 0 Å². The van der Waals surface area contributed by atoms with Crippen molar-refractivity contribution in [2.45, 2.75) is 32.6 Å². The van der Waals surface area contributed by atoms with Crippen molar-refractivity contribution in [2.24, 2.45) is 5.92 Å². The van der Waals surface area contributed by atoms with E-state index in [9.17, 15) is 4.79 Å². The van der Waals surface area contributed by atoms with Gasteiger partial charge in [-0.25, -0.2) is 4.98 Å². The number of anilines is 1. The molecule has 1 aromatic heterocycles. The number of hydrogen-bond acceptors (Lipinski definition) is 4. The maximum atomic E-state index is 12.1. The largest absolute Gasteiger partial charge is 0.444 e. The quantitative estimate of drug-likeness (QED) is 0.888. The van der Waals surface area contributed by atoms with E-state index in [-0.39, 0.29) is 5.91 Å². The molecule has 0 bridgehead atoms. The number of nitrogens with zero attached hydrogens (tertiary/aromatic N) is 1. The molecular formula is C18H23N3O2. The molecule has 1 fully saturated rings. The maximum absolute atomic E-state index is 12.1. The second-order valence-corrected chi connectivity index (χ2v) is 6.16. The molecule has 2 aromatic rings. The highest BCUT2D eigenvalue weighted by Crippen LogP contribution is 2.23. The van der Waals surface area contributed by atoms with Crippen LogP contribution in [-0.4, -0.2) is 24.0 Å².